The van der Waals surface area contributed by atoms with E-state index in [0.29, 0.717) is 59.5 Å². The summed E-state index contributed by atoms with van der Waals surface area (Å²) in [6, 6.07) is 8.92. The summed E-state index contributed by atoms with van der Waals surface area (Å²) in [5, 5.41) is 0.708. The van der Waals surface area contributed by atoms with Gasteiger partial charge in [0.25, 0.3) is 5.91 Å². The lowest BCUT2D eigenvalue weighted by molar-refractivity contribution is 0.0827. The molecule has 33 heavy (non-hydrogen) atoms. The topological polar surface area (TPSA) is 120 Å². The maximum absolute atomic E-state index is 12.3. The Bertz CT molecular complexity index is 1160. The molecule has 3 aromatic rings. The molecule has 1 aromatic carbocycles. The molecule has 11 heteroatoms. The molecule has 0 bridgehead atoms. The van der Waals surface area contributed by atoms with Crippen LogP contribution in [0, 0.1) is 0 Å². The molecule has 1 aliphatic heterocycles. The molecule has 10 nitrogen and oxygen atoms in total. The molecule has 172 valence electrons. The van der Waals surface area contributed by atoms with Gasteiger partial charge in [-0.3, -0.25) is 4.79 Å². The molecular formula is C22H26N7O3P. The largest absolute Gasteiger partial charge is 0.424 e. The number of nitrogens with zero attached hydrogens (tertiary/aromatic N) is 6. The van der Waals surface area contributed by atoms with Crippen LogP contribution >= 0.6 is 9.24 Å². The van der Waals surface area contributed by atoms with Crippen LogP contribution in [0.1, 0.15) is 17.3 Å². The van der Waals surface area contributed by atoms with Gasteiger partial charge in [-0.05, 0) is 37.3 Å². The van der Waals surface area contributed by atoms with Gasteiger partial charge in [0.05, 0.1) is 19.3 Å². The lowest BCUT2D eigenvalue weighted by Crippen LogP contribution is -2.44. The SMILES string of the molecule is C[C@H]1COCCN1c1nc(Oc2ccc(C(=O)N(C)C)cc2P)nc(-c2ccc(N)nc2)n1. The van der Waals surface area contributed by atoms with Gasteiger partial charge in [0, 0.05) is 43.3 Å². The fraction of sp³-hybridized carbons (Fsp3) is 0.318. The molecule has 0 saturated carbocycles. The molecule has 0 spiro atoms. The zero-order valence-corrected chi connectivity index (χ0v) is 19.9. The number of pyridine rings is 1. The molecule has 2 aromatic heterocycles. The zero-order chi connectivity index (χ0) is 23.5. The summed E-state index contributed by atoms with van der Waals surface area (Å²) in [4.78, 5) is 33.7. The van der Waals surface area contributed by atoms with Crippen LogP contribution in [0.2, 0.25) is 0 Å². The van der Waals surface area contributed by atoms with Gasteiger partial charge in [0.1, 0.15) is 11.6 Å². The Labute approximate surface area is 194 Å². The first-order valence-electron chi connectivity index (χ1n) is 10.4. The van der Waals surface area contributed by atoms with Crippen molar-refractivity contribution in [1.82, 2.24) is 24.8 Å². The maximum atomic E-state index is 12.3. The number of carbonyl (C=O) groups excluding carboxylic acids is 1. The van der Waals surface area contributed by atoms with Crippen LogP contribution < -0.4 is 20.7 Å². The van der Waals surface area contributed by atoms with E-state index in [4.69, 9.17) is 15.2 Å². The number of carbonyl (C=O) groups is 1. The number of rotatable bonds is 5. The number of hydrogen-bond acceptors (Lipinski definition) is 9. The number of nitrogens with two attached hydrogens (primary N) is 1. The van der Waals surface area contributed by atoms with Gasteiger partial charge >= 0.3 is 6.01 Å². The van der Waals surface area contributed by atoms with E-state index in [1.165, 1.54) is 4.90 Å². The average Bonchev–Trinajstić information content (AvgIpc) is 2.80. The van der Waals surface area contributed by atoms with Gasteiger partial charge in [-0.1, -0.05) is 0 Å². The highest BCUT2D eigenvalue weighted by molar-refractivity contribution is 7.27. The molecular weight excluding hydrogens is 441 g/mol. The van der Waals surface area contributed by atoms with Crippen LogP contribution in [-0.4, -0.2) is 70.6 Å². The van der Waals surface area contributed by atoms with E-state index in [9.17, 15) is 4.79 Å². The van der Waals surface area contributed by atoms with Crippen molar-refractivity contribution in [2.45, 2.75) is 13.0 Å². The first kappa shape index (κ1) is 22.8. The van der Waals surface area contributed by atoms with Crippen molar-refractivity contribution < 1.29 is 14.3 Å². The number of nitrogen functional groups attached to an aromatic ring is 1. The summed E-state index contributed by atoms with van der Waals surface area (Å²) in [5.74, 6) is 1.75. The Morgan fingerprint density at radius 3 is 2.73 bits per heavy atom. The van der Waals surface area contributed by atoms with Crippen molar-refractivity contribution in [2.75, 3.05) is 44.5 Å². The second-order valence-corrected chi connectivity index (χ2v) is 8.51. The van der Waals surface area contributed by atoms with Crippen LogP contribution in [-0.2, 0) is 4.74 Å². The normalized spacial score (nSPS) is 15.9. The van der Waals surface area contributed by atoms with E-state index in [1.807, 2.05) is 0 Å². The highest BCUT2D eigenvalue weighted by atomic mass is 31.0. The van der Waals surface area contributed by atoms with E-state index >= 15 is 0 Å². The second-order valence-electron chi connectivity index (χ2n) is 7.88. The predicted octanol–water partition coefficient (Wildman–Crippen LogP) is 1.74. The Hall–Kier alpha value is -3.36. The van der Waals surface area contributed by atoms with Gasteiger partial charge < -0.3 is 25.0 Å². The van der Waals surface area contributed by atoms with Crippen molar-refractivity contribution in [3.63, 3.8) is 0 Å². The average molecular weight is 467 g/mol. The molecule has 0 aliphatic carbocycles. The Morgan fingerprint density at radius 2 is 2.06 bits per heavy atom. The quantitative estimate of drug-likeness (QED) is 0.560. The summed E-state index contributed by atoms with van der Waals surface area (Å²) in [7, 11) is 6.01. The molecule has 2 N–H and O–H groups in total. The molecule has 1 amide bonds. The molecule has 1 saturated heterocycles. The van der Waals surface area contributed by atoms with E-state index in [-0.39, 0.29) is 18.0 Å². The third-order valence-electron chi connectivity index (χ3n) is 5.14. The van der Waals surface area contributed by atoms with E-state index in [0.717, 1.165) is 0 Å². The summed E-state index contributed by atoms with van der Waals surface area (Å²) in [5.41, 5.74) is 6.98. The molecule has 4 rings (SSSR count). The Morgan fingerprint density at radius 1 is 1.24 bits per heavy atom. The summed E-state index contributed by atoms with van der Waals surface area (Å²) in [6.45, 7) is 3.87. The minimum absolute atomic E-state index is 0.0906. The second kappa shape index (κ2) is 9.64. The third kappa shape index (κ3) is 5.18. The van der Waals surface area contributed by atoms with Crippen LogP contribution in [0.4, 0.5) is 11.8 Å². The fourth-order valence-corrected chi connectivity index (χ4v) is 3.68. The molecule has 1 fully saturated rings. The summed E-state index contributed by atoms with van der Waals surface area (Å²) >= 11 is 0. The van der Waals surface area contributed by atoms with Crippen LogP contribution in [0.5, 0.6) is 11.8 Å². The van der Waals surface area contributed by atoms with Crippen molar-refractivity contribution in [3.05, 3.63) is 42.1 Å². The first-order chi connectivity index (χ1) is 15.8. The highest BCUT2D eigenvalue weighted by Crippen LogP contribution is 2.26. The van der Waals surface area contributed by atoms with Gasteiger partial charge in [-0.25, -0.2) is 4.98 Å². The van der Waals surface area contributed by atoms with Crippen molar-refractivity contribution in [2.24, 2.45) is 0 Å². The molecule has 1 aliphatic rings. The van der Waals surface area contributed by atoms with Gasteiger partial charge in [-0.15, -0.1) is 9.24 Å². The van der Waals surface area contributed by atoms with Gasteiger partial charge in [0.2, 0.25) is 5.95 Å². The first-order valence-corrected chi connectivity index (χ1v) is 11.0. The minimum Gasteiger partial charge on any atom is -0.424 e. The number of hydrogen-bond donors (Lipinski definition) is 1. The number of aromatic nitrogens is 4. The van der Waals surface area contributed by atoms with Gasteiger partial charge in [-0.2, -0.15) is 15.0 Å². The number of ether oxygens (including phenoxy) is 2. The van der Waals surface area contributed by atoms with Crippen molar-refractivity contribution in [3.8, 4) is 23.1 Å². The minimum atomic E-state index is -0.0906. The number of benzene rings is 1. The standard InChI is InChI=1S/C22H26N7O3P/c1-13-12-31-9-8-29(13)21-25-19(15-5-7-18(23)24-11-15)26-22(27-21)32-16-6-4-14(10-17(16)33)20(30)28(2)3/h4-7,10-11,13H,8-9,12,33H2,1-3H3,(H2,23,24)/t13-/m0/s1. The van der Waals surface area contributed by atoms with Gasteiger partial charge in [0.15, 0.2) is 5.82 Å². The van der Waals surface area contributed by atoms with Crippen LogP contribution in [0.15, 0.2) is 36.5 Å². The number of morpholine rings is 1. The Balaban J connectivity index is 1.71. The van der Waals surface area contributed by atoms with E-state index < -0.39 is 0 Å². The molecule has 0 radical (unpaired) electrons. The zero-order valence-electron chi connectivity index (χ0n) is 18.7. The van der Waals surface area contributed by atoms with E-state index in [2.05, 4.69) is 41.0 Å². The van der Waals surface area contributed by atoms with Crippen LogP contribution in [0.3, 0.4) is 0 Å². The molecule has 2 atom stereocenters. The predicted molar refractivity (Wildman–Crippen MR) is 129 cm³/mol. The monoisotopic (exact) mass is 467 g/mol. The lowest BCUT2D eigenvalue weighted by Gasteiger charge is -2.33. The summed E-state index contributed by atoms with van der Waals surface area (Å²) < 4.78 is 11.6. The number of anilines is 2. The highest BCUT2D eigenvalue weighted by Gasteiger charge is 2.24. The number of amides is 1. The van der Waals surface area contributed by atoms with Crippen molar-refractivity contribution >= 4 is 32.2 Å². The molecule has 1 unspecified atom stereocenters. The van der Waals surface area contributed by atoms with Crippen LogP contribution in [0.25, 0.3) is 11.4 Å². The van der Waals surface area contributed by atoms with Crippen molar-refractivity contribution in [1.29, 1.82) is 0 Å². The fourth-order valence-electron chi connectivity index (χ4n) is 3.34. The lowest BCUT2D eigenvalue weighted by atomic mass is 10.2. The maximum Gasteiger partial charge on any atom is 0.327 e. The molecule has 3 heterocycles. The van der Waals surface area contributed by atoms with E-state index in [1.54, 1.807) is 50.6 Å². The Kier molecular flexibility index (Phi) is 6.67. The summed E-state index contributed by atoms with van der Waals surface area (Å²) in [6.07, 6.45) is 1.61. The smallest absolute Gasteiger partial charge is 0.327 e. The third-order valence-corrected chi connectivity index (χ3v) is 5.59.